The molecule has 0 heterocycles. The van der Waals surface area contributed by atoms with Gasteiger partial charge in [-0.3, -0.25) is 4.79 Å². The smallest absolute Gasteiger partial charge is 0.319 e. The Morgan fingerprint density at radius 1 is 1.32 bits per heavy atom. The molecule has 1 unspecified atom stereocenters. The van der Waals surface area contributed by atoms with Gasteiger partial charge in [0.25, 0.3) is 0 Å². The molecule has 1 aromatic rings. The zero-order valence-electron chi connectivity index (χ0n) is 10.2. The summed E-state index contributed by atoms with van der Waals surface area (Å²) in [6.07, 6.45) is 0.371. The van der Waals surface area contributed by atoms with E-state index in [9.17, 15) is 9.59 Å². The van der Waals surface area contributed by atoms with Crippen LogP contribution in [0.25, 0.3) is 0 Å². The van der Waals surface area contributed by atoms with Gasteiger partial charge in [-0.2, -0.15) is 0 Å². The lowest BCUT2D eigenvalue weighted by Crippen LogP contribution is -2.39. The Labute approximate surface area is 120 Å². The molecule has 0 fully saturated rings. The minimum absolute atomic E-state index is 0.139. The van der Waals surface area contributed by atoms with Crippen LogP contribution in [-0.2, 0) is 4.79 Å². The maximum Gasteiger partial charge on any atom is 0.319 e. The van der Waals surface area contributed by atoms with Crippen LogP contribution in [0.1, 0.15) is 19.8 Å². The second-order valence-corrected chi connectivity index (χ2v) is 4.71. The van der Waals surface area contributed by atoms with E-state index in [0.29, 0.717) is 22.2 Å². The number of halogens is 2. The first kappa shape index (κ1) is 15.6. The van der Waals surface area contributed by atoms with Gasteiger partial charge in [-0.15, -0.1) is 0 Å². The van der Waals surface area contributed by atoms with Gasteiger partial charge in [-0.1, -0.05) is 36.2 Å². The highest BCUT2D eigenvalue weighted by atomic mass is 35.5. The Balaban J connectivity index is 2.67. The fraction of sp³-hybridized carbons (Fsp3) is 0.333. The van der Waals surface area contributed by atoms with E-state index in [1.807, 2.05) is 0 Å². The lowest BCUT2D eigenvalue weighted by atomic mass is 10.1. The summed E-state index contributed by atoms with van der Waals surface area (Å²) in [6.45, 7) is 1.79. The van der Waals surface area contributed by atoms with Crippen molar-refractivity contribution in [2.75, 3.05) is 5.32 Å². The number of nitrogens with one attached hydrogen (secondary N) is 2. The molecule has 0 bridgehead atoms. The van der Waals surface area contributed by atoms with Crippen LogP contribution in [0, 0.1) is 0 Å². The van der Waals surface area contributed by atoms with Crippen molar-refractivity contribution in [2.45, 2.75) is 25.8 Å². The second kappa shape index (κ2) is 7.21. The monoisotopic (exact) mass is 304 g/mol. The molecule has 5 nitrogen and oxygen atoms in total. The number of carbonyl (C=O) groups excluding carboxylic acids is 1. The van der Waals surface area contributed by atoms with Gasteiger partial charge >= 0.3 is 12.0 Å². The first-order valence-electron chi connectivity index (χ1n) is 5.67. The van der Waals surface area contributed by atoms with Gasteiger partial charge in [0.05, 0.1) is 22.2 Å². The molecule has 0 spiro atoms. The highest BCUT2D eigenvalue weighted by Crippen LogP contribution is 2.29. The van der Waals surface area contributed by atoms with E-state index in [-0.39, 0.29) is 6.42 Å². The Morgan fingerprint density at radius 2 is 1.89 bits per heavy atom. The number of anilines is 1. The molecule has 0 saturated heterocycles. The summed E-state index contributed by atoms with van der Waals surface area (Å²) in [7, 11) is 0. The maximum absolute atomic E-state index is 11.7. The van der Waals surface area contributed by atoms with Gasteiger partial charge in [0, 0.05) is 6.04 Å². The van der Waals surface area contributed by atoms with Crippen LogP contribution < -0.4 is 10.6 Å². The van der Waals surface area contributed by atoms with Crippen LogP contribution in [0.4, 0.5) is 10.5 Å². The Kier molecular flexibility index (Phi) is 5.92. The number of amides is 2. The van der Waals surface area contributed by atoms with E-state index >= 15 is 0 Å². The highest BCUT2D eigenvalue weighted by Gasteiger charge is 2.15. The van der Waals surface area contributed by atoms with Gasteiger partial charge in [0.2, 0.25) is 0 Å². The predicted octanol–water partition coefficient (Wildman–Crippen LogP) is 3.37. The summed E-state index contributed by atoms with van der Waals surface area (Å²) in [4.78, 5) is 22.3. The number of carbonyl (C=O) groups is 2. The molecule has 0 aliphatic rings. The molecule has 0 aliphatic carbocycles. The van der Waals surface area contributed by atoms with Crippen LogP contribution in [0.3, 0.4) is 0 Å². The van der Waals surface area contributed by atoms with Crippen molar-refractivity contribution in [1.82, 2.24) is 5.32 Å². The number of aliphatic carboxylic acids is 1. The summed E-state index contributed by atoms with van der Waals surface area (Å²) in [6, 6.07) is 3.87. The number of para-hydroxylation sites is 1. The molecule has 1 rings (SSSR count). The number of carboxylic acid groups (broad SMARTS) is 1. The number of benzene rings is 1. The second-order valence-electron chi connectivity index (χ2n) is 3.90. The largest absolute Gasteiger partial charge is 0.481 e. The van der Waals surface area contributed by atoms with Crippen molar-refractivity contribution in [1.29, 1.82) is 0 Å². The van der Waals surface area contributed by atoms with Crippen LogP contribution in [0.15, 0.2) is 18.2 Å². The van der Waals surface area contributed by atoms with E-state index in [4.69, 9.17) is 28.3 Å². The average molecular weight is 305 g/mol. The molecule has 19 heavy (non-hydrogen) atoms. The minimum atomic E-state index is -0.970. The van der Waals surface area contributed by atoms with Gasteiger partial charge in [-0.25, -0.2) is 4.79 Å². The summed E-state index contributed by atoms with van der Waals surface area (Å²) in [5.74, 6) is -0.970. The molecule has 104 valence electrons. The number of urea groups is 1. The van der Waals surface area contributed by atoms with Crippen LogP contribution in [0.5, 0.6) is 0 Å². The van der Waals surface area contributed by atoms with Crippen molar-refractivity contribution < 1.29 is 14.7 Å². The number of hydrogen-bond acceptors (Lipinski definition) is 2. The lowest BCUT2D eigenvalue weighted by Gasteiger charge is -2.16. The van der Waals surface area contributed by atoms with Crippen molar-refractivity contribution in [2.24, 2.45) is 0 Å². The zero-order chi connectivity index (χ0) is 14.4. The standard InChI is InChI=1S/C12H14Cl2N2O3/c1-2-7(6-10(17)18)15-12(19)16-11-8(13)4-3-5-9(11)14/h3-5,7H,2,6H2,1H3,(H,17,18)(H2,15,16,19). The molecule has 2 amide bonds. The number of carboxylic acids is 1. The third kappa shape index (κ3) is 4.96. The first-order valence-corrected chi connectivity index (χ1v) is 6.43. The van der Waals surface area contributed by atoms with E-state index in [0.717, 1.165) is 0 Å². The van der Waals surface area contributed by atoms with Crippen LogP contribution in [0.2, 0.25) is 10.0 Å². The predicted molar refractivity (Wildman–Crippen MR) is 74.9 cm³/mol. The molecular weight excluding hydrogens is 291 g/mol. The maximum atomic E-state index is 11.7. The van der Waals surface area contributed by atoms with E-state index in [1.54, 1.807) is 25.1 Å². The molecular formula is C12H14Cl2N2O3. The molecule has 3 N–H and O–H groups in total. The highest BCUT2D eigenvalue weighted by molar-refractivity contribution is 6.39. The molecule has 0 saturated carbocycles. The zero-order valence-corrected chi connectivity index (χ0v) is 11.8. The average Bonchev–Trinajstić information content (AvgIpc) is 2.32. The fourth-order valence-corrected chi connectivity index (χ4v) is 1.95. The van der Waals surface area contributed by atoms with Crippen molar-refractivity contribution in [3.05, 3.63) is 28.2 Å². The minimum Gasteiger partial charge on any atom is -0.481 e. The van der Waals surface area contributed by atoms with Crippen molar-refractivity contribution >= 4 is 40.9 Å². The van der Waals surface area contributed by atoms with E-state index < -0.39 is 18.0 Å². The quantitative estimate of drug-likeness (QED) is 0.780. The van der Waals surface area contributed by atoms with Gasteiger partial charge in [-0.05, 0) is 18.6 Å². The third-order valence-corrected chi connectivity index (χ3v) is 3.08. The molecule has 0 aliphatic heterocycles. The third-order valence-electron chi connectivity index (χ3n) is 2.45. The molecule has 1 atom stereocenters. The van der Waals surface area contributed by atoms with Crippen LogP contribution >= 0.6 is 23.2 Å². The molecule has 0 aromatic heterocycles. The number of rotatable bonds is 5. The van der Waals surface area contributed by atoms with Crippen LogP contribution in [-0.4, -0.2) is 23.1 Å². The van der Waals surface area contributed by atoms with Crippen molar-refractivity contribution in [3.8, 4) is 0 Å². The lowest BCUT2D eigenvalue weighted by molar-refractivity contribution is -0.137. The van der Waals surface area contributed by atoms with Gasteiger partial charge < -0.3 is 15.7 Å². The summed E-state index contributed by atoms with van der Waals surface area (Å²) in [5.41, 5.74) is 0.300. The summed E-state index contributed by atoms with van der Waals surface area (Å²) >= 11 is 11.8. The van der Waals surface area contributed by atoms with Gasteiger partial charge in [0.1, 0.15) is 0 Å². The fourth-order valence-electron chi connectivity index (χ4n) is 1.46. The topological polar surface area (TPSA) is 78.4 Å². The molecule has 1 aromatic carbocycles. The molecule has 7 heteroatoms. The van der Waals surface area contributed by atoms with Crippen molar-refractivity contribution in [3.63, 3.8) is 0 Å². The Morgan fingerprint density at radius 3 is 2.37 bits per heavy atom. The number of hydrogen-bond donors (Lipinski definition) is 3. The molecule has 0 radical (unpaired) electrons. The normalized spacial score (nSPS) is 11.7. The Hall–Kier alpha value is -1.46. The van der Waals surface area contributed by atoms with E-state index in [1.165, 1.54) is 0 Å². The Bertz CT molecular complexity index is 460. The SMILES string of the molecule is CCC(CC(=O)O)NC(=O)Nc1c(Cl)cccc1Cl. The van der Waals surface area contributed by atoms with E-state index in [2.05, 4.69) is 10.6 Å². The summed E-state index contributed by atoms with van der Waals surface area (Å²) < 4.78 is 0. The van der Waals surface area contributed by atoms with Gasteiger partial charge in [0.15, 0.2) is 0 Å². The first-order chi connectivity index (χ1) is 8.93. The summed E-state index contributed by atoms with van der Waals surface area (Å²) in [5, 5.41) is 14.4.